The summed E-state index contributed by atoms with van der Waals surface area (Å²) in [6, 6.07) is 3.11. The van der Waals surface area contributed by atoms with Gasteiger partial charge in [-0.05, 0) is 28.9 Å². The number of hydrogen-bond acceptors (Lipinski definition) is 3. The number of aliphatic hydroxyl groups is 1. The molecular weight excluding hydrogens is 329 g/mol. The van der Waals surface area contributed by atoms with Crippen LogP contribution in [-0.4, -0.2) is 10.1 Å². The largest absolute Gasteiger partial charge is 0.383 e. The van der Waals surface area contributed by atoms with E-state index in [4.69, 9.17) is 11.6 Å². The molecule has 0 radical (unpaired) electrons. The molecule has 1 aromatic carbocycles. The van der Waals surface area contributed by atoms with Crippen LogP contribution < -0.4 is 0 Å². The predicted molar refractivity (Wildman–Crippen MR) is 70.0 cm³/mol. The summed E-state index contributed by atoms with van der Waals surface area (Å²) in [5, 5.41) is 10.9. The first kappa shape index (κ1) is 13.0. The van der Waals surface area contributed by atoms with E-state index in [0.717, 1.165) is 5.01 Å². The van der Waals surface area contributed by atoms with Gasteiger partial charge in [0.1, 0.15) is 11.9 Å². The van der Waals surface area contributed by atoms with Crippen molar-refractivity contribution in [3.8, 4) is 0 Å². The van der Waals surface area contributed by atoms with Crippen LogP contribution in [-0.2, 0) is 0 Å². The first-order chi connectivity index (χ1) is 8.00. The topological polar surface area (TPSA) is 33.1 Å². The SMILES string of the molecule is Cc1ncc(C(O)c2ccc(Br)c(Cl)c2F)s1. The molecule has 1 heterocycles. The lowest BCUT2D eigenvalue weighted by atomic mass is 10.1. The predicted octanol–water partition coefficient (Wildman–Crippen LogP) is 4.09. The van der Waals surface area contributed by atoms with Crippen molar-refractivity contribution < 1.29 is 9.50 Å². The van der Waals surface area contributed by atoms with Gasteiger partial charge in [-0.15, -0.1) is 11.3 Å². The summed E-state index contributed by atoms with van der Waals surface area (Å²) < 4.78 is 14.3. The fourth-order valence-corrected chi connectivity index (χ4v) is 2.68. The number of aryl methyl sites for hydroxylation is 1. The van der Waals surface area contributed by atoms with E-state index in [1.807, 2.05) is 6.92 Å². The highest BCUT2D eigenvalue weighted by atomic mass is 79.9. The standard InChI is InChI=1S/C11H8BrClFNOS/c1-5-15-4-8(17-5)11(16)6-2-3-7(12)9(13)10(6)14/h2-4,11,16H,1H3. The molecule has 0 fully saturated rings. The summed E-state index contributed by atoms with van der Waals surface area (Å²) in [7, 11) is 0. The van der Waals surface area contributed by atoms with Crippen LogP contribution in [0.25, 0.3) is 0 Å². The van der Waals surface area contributed by atoms with Crippen molar-refractivity contribution in [2.75, 3.05) is 0 Å². The van der Waals surface area contributed by atoms with Crippen LogP contribution >= 0.6 is 38.9 Å². The monoisotopic (exact) mass is 335 g/mol. The molecule has 0 aliphatic carbocycles. The van der Waals surface area contributed by atoms with Gasteiger partial charge in [-0.25, -0.2) is 9.37 Å². The molecule has 2 aromatic rings. The van der Waals surface area contributed by atoms with E-state index in [1.54, 1.807) is 12.3 Å². The summed E-state index contributed by atoms with van der Waals surface area (Å²) in [5.74, 6) is -0.611. The Hall–Kier alpha value is -0.490. The lowest BCUT2D eigenvalue weighted by Crippen LogP contribution is -2.01. The quantitative estimate of drug-likeness (QED) is 0.838. The number of aromatic nitrogens is 1. The summed E-state index contributed by atoms with van der Waals surface area (Å²) in [4.78, 5) is 4.62. The minimum absolute atomic E-state index is 0.0252. The van der Waals surface area contributed by atoms with Gasteiger partial charge in [0, 0.05) is 16.2 Å². The Morgan fingerprint density at radius 1 is 1.53 bits per heavy atom. The van der Waals surface area contributed by atoms with Gasteiger partial charge in [-0.2, -0.15) is 0 Å². The molecule has 1 unspecified atom stereocenters. The number of nitrogens with zero attached hydrogens (tertiary/aromatic N) is 1. The number of thiazole rings is 1. The molecule has 0 spiro atoms. The maximum atomic E-state index is 13.9. The van der Waals surface area contributed by atoms with Crippen molar-refractivity contribution in [3.63, 3.8) is 0 Å². The Balaban J connectivity index is 2.44. The normalized spacial score (nSPS) is 12.8. The lowest BCUT2D eigenvalue weighted by molar-refractivity contribution is 0.218. The lowest BCUT2D eigenvalue weighted by Gasteiger charge is -2.11. The molecule has 0 bridgehead atoms. The Morgan fingerprint density at radius 2 is 2.24 bits per heavy atom. The second kappa shape index (κ2) is 5.02. The first-order valence-electron chi connectivity index (χ1n) is 4.74. The van der Waals surface area contributed by atoms with Gasteiger partial charge in [0.2, 0.25) is 0 Å². The van der Waals surface area contributed by atoms with E-state index in [0.29, 0.717) is 9.35 Å². The highest BCUT2D eigenvalue weighted by molar-refractivity contribution is 9.10. The van der Waals surface area contributed by atoms with Crippen LogP contribution in [0.1, 0.15) is 21.6 Å². The van der Waals surface area contributed by atoms with Gasteiger partial charge in [-0.1, -0.05) is 17.7 Å². The molecule has 2 nitrogen and oxygen atoms in total. The summed E-state index contributed by atoms with van der Waals surface area (Å²) in [6.45, 7) is 1.83. The third kappa shape index (κ3) is 2.52. The van der Waals surface area contributed by atoms with E-state index in [-0.39, 0.29) is 10.6 Å². The van der Waals surface area contributed by atoms with Crippen LogP contribution in [0.4, 0.5) is 4.39 Å². The molecule has 0 aliphatic rings. The Labute approximate surface area is 115 Å². The molecule has 90 valence electrons. The van der Waals surface area contributed by atoms with Crippen molar-refractivity contribution in [1.82, 2.24) is 4.98 Å². The minimum Gasteiger partial charge on any atom is -0.383 e. The Kier molecular flexibility index (Phi) is 3.82. The van der Waals surface area contributed by atoms with Crippen molar-refractivity contribution in [2.24, 2.45) is 0 Å². The minimum atomic E-state index is -1.04. The molecular formula is C11H8BrClFNOS. The number of hydrogen-bond donors (Lipinski definition) is 1. The molecule has 2 rings (SSSR count). The smallest absolute Gasteiger partial charge is 0.149 e. The van der Waals surface area contributed by atoms with Crippen LogP contribution in [0.3, 0.4) is 0 Å². The van der Waals surface area contributed by atoms with Gasteiger partial charge in [0.25, 0.3) is 0 Å². The highest BCUT2D eigenvalue weighted by Gasteiger charge is 2.20. The molecule has 6 heteroatoms. The second-order valence-electron chi connectivity index (χ2n) is 3.45. The summed E-state index contributed by atoms with van der Waals surface area (Å²) >= 11 is 10.2. The van der Waals surface area contributed by atoms with E-state index >= 15 is 0 Å². The number of aliphatic hydroxyl groups excluding tert-OH is 1. The van der Waals surface area contributed by atoms with E-state index in [2.05, 4.69) is 20.9 Å². The van der Waals surface area contributed by atoms with Crippen molar-refractivity contribution in [3.05, 3.63) is 49.1 Å². The van der Waals surface area contributed by atoms with Crippen LogP contribution in [0.5, 0.6) is 0 Å². The molecule has 1 N–H and O–H groups in total. The summed E-state index contributed by atoms with van der Waals surface area (Å²) in [6.07, 6.45) is 0.506. The Bertz CT molecular complexity index is 560. The van der Waals surface area contributed by atoms with Crippen molar-refractivity contribution in [2.45, 2.75) is 13.0 Å². The maximum Gasteiger partial charge on any atom is 0.149 e. The van der Waals surface area contributed by atoms with Crippen molar-refractivity contribution in [1.29, 1.82) is 0 Å². The van der Waals surface area contributed by atoms with Crippen LogP contribution in [0.2, 0.25) is 5.02 Å². The van der Waals surface area contributed by atoms with Crippen LogP contribution in [0.15, 0.2) is 22.8 Å². The molecule has 0 amide bonds. The molecule has 17 heavy (non-hydrogen) atoms. The number of rotatable bonds is 2. The fourth-order valence-electron chi connectivity index (χ4n) is 1.41. The van der Waals surface area contributed by atoms with Crippen molar-refractivity contribution >= 4 is 38.9 Å². The molecule has 0 aliphatic heterocycles. The zero-order valence-corrected chi connectivity index (χ0v) is 11.9. The number of halogens is 3. The second-order valence-corrected chi connectivity index (χ2v) is 5.95. The average molecular weight is 337 g/mol. The van der Waals surface area contributed by atoms with Gasteiger partial charge in [0.15, 0.2) is 0 Å². The van der Waals surface area contributed by atoms with Gasteiger partial charge in [-0.3, -0.25) is 0 Å². The summed E-state index contributed by atoms with van der Waals surface area (Å²) in [5.41, 5.74) is 0.154. The first-order valence-corrected chi connectivity index (χ1v) is 6.73. The third-order valence-corrected chi connectivity index (χ3v) is 4.49. The van der Waals surface area contributed by atoms with E-state index < -0.39 is 11.9 Å². The Morgan fingerprint density at radius 3 is 2.82 bits per heavy atom. The number of benzene rings is 1. The van der Waals surface area contributed by atoms with Gasteiger partial charge < -0.3 is 5.11 Å². The van der Waals surface area contributed by atoms with E-state index in [1.165, 1.54) is 17.4 Å². The molecule has 1 atom stereocenters. The van der Waals surface area contributed by atoms with Crippen LogP contribution in [0, 0.1) is 12.7 Å². The van der Waals surface area contributed by atoms with Gasteiger partial charge >= 0.3 is 0 Å². The molecule has 0 saturated carbocycles. The fraction of sp³-hybridized carbons (Fsp3) is 0.182. The maximum absolute atomic E-state index is 13.9. The average Bonchev–Trinajstić information content (AvgIpc) is 2.72. The third-order valence-electron chi connectivity index (χ3n) is 2.27. The zero-order chi connectivity index (χ0) is 12.6. The zero-order valence-electron chi connectivity index (χ0n) is 8.75. The molecule has 0 saturated heterocycles. The van der Waals surface area contributed by atoms with E-state index in [9.17, 15) is 9.50 Å². The van der Waals surface area contributed by atoms with Gasteiger partial charge in [0.05, 0.1) is 14.9 Å². The molecule has 1 aromatic heterocycles. The highest BCUT2D eigenvalue weighted by Crippen LogP contribution is 2.34.